The van der Waals surface area contributed by atoms with Crippen LogP contribution in [0.2, 0.25) is 0 Å². The Labute approximate surface area is 120 Å². The molecule has 1 rings (SSSR count). The molecule has 0 heterocycles. The van der Waals surface area contributed by atoms with Crippen LogP contribution in [0.3, 0.4) is 0 Å². The molecule has 0 aliphatic rings. The Balaban J connectivity index is 2.68. The summed E-state index contributed by atoms with van der Waals surface area (Å²) in [5.41, 5.74) is 2.12. The van der Waals surface area contributed by atoms with E-state index in [0.717, 1.165) is 16.9 Å². The monoisotopic (exact) mass is 280 g/mol. The molecule has 0 spiro atoms. The maximum Gasteiger partial charge on any atom is 0.315 e. The van der Waals surface area contributed by atoms with Crippen molar-refractivity contribution in [1.82, 2.24) is 10.6 Å². The van der Waals surface area contributed by atoms with E-state index in [1.807, 2.05) is 39.0 Å². The van der Waals surface area contributed by atoms with Crippen LogP contribution in [-0.4, -0.2) is 32.9 Å². The molecule has 5 nitrogen and oxygen atoms in total. The predicted molar refractivity (Wildman–Crippen MR) is 79.2 cm³/mol. The van der Waals surface area contributed by atoms with Crippen LogP contribution in [0.15, 0.2) is 18.2 Å². The highest BCUT2D eigenvalue weighted by molar-refractivity contribution is 5.74. The second kappa shape index (κ2) is 8.43. The van der Waals surface area contributed by atoms with Gasteiger partial charge in [0.1, 0.15) is 5.75 Å². The number of aryl methyl sites for hydroxylation is 1. The van der Waals surface area contributed by atoms with E-state index in [1.54, 1.807) is 7.11 Å². The van der Waals surface area contributed by atoms with Crippen LogP contribution < -0.4 is 15.4 Å². The first-order chi connectivity index (χ1) is 9.58. The number of ether oxygens (including phenoxy) is 2. The molecule has 0 saturated heterocycles. The van der Waals surface area contributed by atoms with Crippen molar-refractivity contribution in [2.45, 2.75) is 26.8 Å². The van der Waals surface area contributed by atoms with E-state index >= 15 is 0 Å². The van der Waals surface area contributed by atoms with Crippen molar-refractivity contribution in [3.8, 4) is 5.75 Å². The van der Waals surface area contributed by atoms with Crippen LogP contribution >= 0.6 is 0 Å². The Kier molecular flexibility index (Phi) is 6.87. The van der Waals surface area contributed by atoms with Gasteiger partial charge in [-0.05, 0) is 26.8 Å². The van der Waals surface area contributed by atoms with Crippen molar-refractivity contribution >= 4 is 6.03 Å². The second-order valence-electron chi connectivity index (χ2n) is 4.59. The first-order valence-electron chi connectivity index (χ1n) is 6.85. The van der Waals surface area contributed by atoms with Crippen LogP contribution in [0.1, 0.15) is 31.0 Å². The highest BCUT2D eigenvalue weighted by Gasteiger charge is 2.14. The molecule has 1 atom stereocenters. The summed E-state index contributed by atoms with van der Waals surface area (Å²) < 4.78 is 10.5. The van der Waals surface area contributed by atoms with Gasteiger partial charge in [0.05, 0.1) is 19.3 Å². The lowest BCUT2D eigenvalue weighted by Gasteiger charge is -2.19. The molecule has 5 heteroatoms. The third-order valence-electron chi connectivity index (χ3n) is 2.87. The number of carbonyl (C=O) groups is 1. The smallest absolute Gasteiger partial charge is 0.315 e. The van der Waals surface area contributed by atoms with Crippen molar-refractivity contribution in [2.75, 3.05) is 26.9 Å². The lowest BCUT2D eigenvalue weighted by atomic mass is 10.0. The average Bonchev–Trinajstić information content (AvgIpc) is 2.41. The zero-order chi connectivity index (χ0) is 15.0. The quantitative estimate of drug-likeness (QED) is 0.754. The zero-order valence-electron chi connectivity index (χ0n) is 12.7. The molecule has 1 aromatic rings. The van der Waals surface area contributed by atoms with Crippen LogP contribution in [0.5, 0.6) is 5.75 Å². The lowest BCUT2D eigenvalue weighted by molar-refractivity contribution is 0.195. The number of benzene rings is 1. The van der Waals surface area contributed by atoms with Crippen molar-refractivity contribution in [1.29, 1.82) is 0 Å². The number of amides is 2. The summed E-state index contributed by atoms with van der Waals surface area (Å²) in [7, 11) is 1.60. The van der Waals surface area contributed by atoms with Gasteiger partial charge in [0.2, 0.25) is 0 Å². The van der Waals surface area contributed by atoms with E-state index in [2.05, 4.69) is 10.6 Å². The molecular weight excluding hydrogens is 256 g/mol. The summed E-state index contributed by atoms with van der Waals surface area (Å²) in [4.78, 5) is 11.7. The van der Waals surface area contributed by atoms with E-state index in [4.69, 9.17) is 9.47 Å². The van der Waals surface area contributed by atoms with Gasteiger partial charge < -0.3 is 20.1 Å². The van der Waals surface area contributed by atoms with Gasteiger partial charge in [-0.15, -0.1) is 0 Å². The SMILES string of the molecule is CCOc1ccc(C)cc1C(C)NC(=O)NCCOC. The fraction of sp³-hybridized carbons (Fsp3) is 0.533. The van der Waals surface area contributed by atoms with Crippen molar-refractivity contribution < 1.29 is 14.3 Å². The molecule has 1 aromatic carbocycles. The van der Waals surface area contributed by atoms with Crippen LogP contribution in [0.25, 0.3) is 0 Å². The topological polar surface area (TPSA) is 59.6 Å². The minimum Gasteiger partial charge on any atom is -0.494 e. The number of carbonyl (C=O) groups excluding carboxylic acids is 1. The average molecular weight is 280 g/mol. The highest BCUT2D eigenvalue weighted by atomic mass is 16.5. The molecular formula is C15H24N2O3. The Hall–Kier alpha value is -1.75. The Morgan fingerprint density at radius 2 is 2.15 bits per heavy atom. The normalized spacial score (nSPS) is 11.8. The molecule has 2 N–H and O–H groups in total. The molecule has 2 amide bonds. The molecule has 20 heavy (non-hydrogen) atoms. The number of nitrogens with one attached hydrogen (secondary N) is 2. The molecule has 0 fully saturated rings. The molecule has 1 unspecified atom stereocenters. The fourth-order valence-corrected chi connectivity index (χ4v) is 1.89. The summed E-state index contributed by atoms with van der Waals surface area (Å²) >= 11 is 0. The van der Waals surface area contributed by atoms with E-state index in [1.165, 1.54) is 0 Å². The van der Waals surface area contributed by atoms with Gasteiger partial charge >= 0.3 is 6.03 Å². The predicted octanol–water partition coefficient (Wildman–Crippen LogP) is 2.40. The van der Waals surface area contributed by atoms with Crippen molar-refractivity contribution in [3.63, 3.8) is 0 Å². The standard InChI is InChI=1S/C15H24N2O3/c1-5-20-14-7-6-11(2)10-13(14)12(3)17-15(18)16-8-9-19-4/h6-7,10,12H,5,8-9H2,1-4H3,(H2,16,17,18). The molecule has 0 radical (unpaired) electrons. The van der Waals surface area contributed by atoms with Gasteiger partial charge in [0, 0.05) is 19.2 Å². The molecule has 112 valence electrons. The Morgan fingerprint density at radius 1 is 1.40 bits per heavy atom. The van der Waals surface area contributed by atoms with Crippen LogP contribution in [0.4, 0.5) is 4.79 Å². The molecule has 0 aliphatic heterocycles. The Bertz CT molecular complexity index is 435. The number of methoxy groups -OCH3 is 1. The molecule has 0 aromatic heterocycles. The number of rotatable bonds is 7. The summed E-state index contributed by atoms with van der Waals surface area (Å²) in [6.45, 7) is 7.48. The number of urea groups is 1. The molecule has 0 bridgehead atoms. The summed E-state index contributed by atoms with van der Waals surface area (Å²) in [5.74, 6) is 0.808. The van der Waals surface area contributed by atoms with Gasteiger partial charge in [-0.2, -0.15) is 0 Å². The van der Waals surface area contributed by atoms with Gasteiger partial charge in [-0.25, -0.2) is 4.79 Å². The minimum absolute atomic E-state index is 0.126. The molecule has 0 aliphatic carbocycles. The van der Waals surface area contributed by atoms with E-state index in [9.17, 15) is 4.79 Å². The first-order valence-corrected chi connectivity index (χ1v) is 6.85. The number of hydrogen-bond acceptors (Lipinski definition) is 3. The van der Waals surface area contributed by atoms with Crippen molar-refractivity contribution in [3.05, 3.63) is 29.3 Å². The third kappa shape index (κ3) is 5.09. The minimum atomic E-state index is -0.210. The lowest BCUT2D eigenvalue weighted by Crippen LogP contribution is -2.38. The van der Waals surface area contributed by atoms with E-state index < -0.39 is 0 Å². The summed E-state index contributed by atoms with van der Waals surface area (Å²) in [5, 5.41) is 5.63. The second-order valence-corrected chi connectivity index (χ2v) is 4.59. The van der Waals surface area contributed by atoms with Gasteiger partial charge in [-0.1, -0.05) is 17.7 Å². The summed E-state index contributed by atoms with van der Waals surface area (Å²) in [6, 6.07) is 5.64. The van der Waals surface area contributed by atoms with Gasteiger partial charge in [0.25, 0.3) is 0 Å². The van der Waals surface area contributed by atoms with Crippen LogP contribution in [-0.2, 0) is 4.74 Å². The molecule has 0 saturated carbocycles. The fourth-order valence-electron chi connectivity index (χ4n) is 1.89. The van der Waals surface area contributed by atoms with Crippen molar-refractivity contribution in [2.24, 2.45) is 0 Å². The zero-order valence-corrected chi connectivity index (χ0v) is 12.7. The first kappa shape index (κ1) is 16.3. The number of hydrogen-bond donors (Lipinski definition) is 2. The van der Waals surface area contributed by atoms with Gasteiger partial charge in [-0.3, -0.25) is 0 Å². The van der Waals surface area contributed by atoms with E-state index in [-0.39, 0.29) is 12.1 Å². The highest BCUT2D eigenvalue weighted by Crippen LogP contribution is 2.26. The maximum atomic E-state index is 11.7. The third-order valence-corrected chi connectivity index (χ3v) is 2.87. The summed E-state index contributed by atoms with van der Waals surface area (Å²) in [6.07, 6.45) is 0. The Morgan fingerprint density at radius 3 is 2.80 bits per heavy atom. The van der Waals surface area contributed by atoms with Gasteiger partial charge in [0.15, 0.2) is 0 Å². The van der Waals surface area contributed by atoms with Crippen LogP contribution in [0, 0.1) is 6.92 Å². The largest absolute Gasteiger partial charge is 0.494 e. The maximum absolute atomic E-state index is 11.7. The van der Waals surface area contributed by atoms with E-state index in [0.29, 0.717) is 19.8 Å².